The Morgan fingerprint density at radius 3 is 2.41 bits per heavy atom. The largest absolute Gasteiger partial charge is 0.497 e. The van der Waals surface area contributed by atoms with Crippen LogP contribution in [0.2, 0.25) is 0 Å². The zero-order valence-electron chi connectivity index (χ0n) is 21.8. The van der Waals surface area contributed by atoms with Crippen LogP contribution in [0.5, 0.6) is 11.5 Å². The fraction of sp³-hybridized carbons (Fsp3) is 0.379. The predicted molar refractivity (Wildman–Crippen MR) is 141 cm³/mol. The number of hydrogen-bond donors (Lipinski definition) is 2. The first-order chi connectivity index (χ1) is 17.8. The molecular formula is C29H36O8. The minimum absolute atomic E-state index is 0.0119. The highest BCUT2D eigenvalue weighted by atomic mass is 16.7. The molecule has 0 amide bonds. The number of carbonyl (C=O) groups is 2. The number of rotatable bonds is 15. The topological polar surface area (TPSA) is 112 Å². The average molecular weight is 513 g/mol. The molecule has 0 aliphatic rings. The first-order valence-corrected chi connectivity index (χ1v) is 12.1. The van der Waals surface area contributed by atoms with Gasteiger partial charge in [0.1, 0.15) is 23.2 Å². The molecular weight excluding hydrogens is 476 g/mol. The van der Waals surface area contributed by atoms with E-state index in [1.54, 1.807) is 43.3 Å². The third-order valence-corrected chi connectivity index (χ3v) is 5.59. The minimum Gasteiger partial charge on any atom is -0.497 e. The van der Waals surface area contributed by atoms with E-state index in [4.69, 9.17) is 18.9 Å². The molecule has 2 aromatic rings. The molecule has 0 saturated heterocycles. The summed E-state index contributed by atoms with van der Waals surface area (Å²) < 4.78 is 21.4. The van der Waals surface area contributed by atoms with Crippen LogP contribution in [0.4, 0.5) is 0 Å². The van der Waals surface area contributed by atoms with Gasteiger partial charge in [-0.05, 0) is 61.9 Å². The third kappa shape index (κ3) is 9.74. The number of aliphatic hydroxyl groups is 1. The lowest BCUT2D eigenvalue weighted by molar-refractivity contribution is 0.0283. The third-order valence-electron chi connectivity index (χ3n) is 5.59. The maximum Gasteiger partial charge on any atom is 0.340 e. The van der Waals surface area contributed by atoms with Crippen molar-refractivity contribution in [2.75, 3.05) is 21.0 Å². The first-order valence-electron chi connectivity index (χ1n) is 12.1. The van der Waals surface area contributed by atoms with Gasteiger partial charge in [-0.15, -0.1) is 0 Å². The molecule has 8 heteroatoms. The van der Waals surface area contributed by atoms with E-state index in [1.807, 2.05) is 31.2 Å². The molecule has 37 heavy (non-hydrogen) atoms. The molecule has 3 atom stereocenters. The van der Waals surface area contributed by atoms with Crippen LogP contribution in [-0.4, -0.2) is 55.4 Å². The number of allylic oxidation sites excluding steroid dienone is 1. The molecule has 0 bridgehead atoms. The van der Waals surface area contributed by atoms with E-state index in [1.165, 1.54) is 20.3 Å². The number of benzene rings is 2. The Kier molecular flexibility index (Phi) is 12.4. The van der Waals surface area contributed by atoms with Crippen molar-refractivity contribution < 1.29 is 38.7 Å². The molecule has 2 N–H and O–H groups in total. The quantitative estimate of drug-likeness (QED) is 0.186. The van der Waals surface area contributed by atoms with E-state index >= 15 is 0 Å². The fourth-order valence-electron chi connectivity index (χ4n) is 3.58. The van der Waals surface area contributed by atoms with Gasteiger partial charge >= 0.3 is 11.9 Å². The highest BCUT2D eigenvalue weighted by molar-refractivity contribution is 5.95. The average Bonchev–Trinajstić information content (AvgIpc) is 2.88. The van der Waals surface area contributed by atoms with Crippen molar-refractivity contribution in [1.29, 1.82) is 0 Å². The number of esters is 1. The van der Waals surface area contributed by atoms with Crippen molar-refractivity contribution in [2.45, 2.75) is 45.3 Å². The minimum atomic E-state index is -1.13. The molecule has 0 spiro atoms. The fourth-order valence-corrected chi connectivity index (χ4v) is 3.58. The summed E-state index contributed by atoms with van der Waals surface area (Å²) in [7, 11) is 2.94. The summed E-state index contributed by atoms with van der Waals surface area (Å²) in [5.41, 5.74) is 0.918. The van der Waals surface area contributed by atoms with Crippen LogP contribution in [0.25, 0.3) is 6.08 Å². The van der Waals surface area contributed by atoms with Crippen molar-refractivity contribution in [3.05, 3.63) is 77.4 Å². The second kappa shape index (κ2) is 15.5. The molecule has 0 aliphatic heterocycles. The number of aliphatic hydroxyl groups excluding tert-OH is 1. The monoisotopic (exact) mass is 512 g/mol. The number of hydrogen-bond acceptors (Lipinski definition) is 7. The summed E-state index contributed by atoms with van der Waals surface area (Å²) in [5.74, 6) is -0.968. The van der Waals surface area contributed by atoms with Crippen molar-refractivity contribution in [3.63, 3.8) is 0 Å². The van der Waals surface area contributed by atoms with Crippen LogP contribution in [0, 0.1) is 5.92 Å². The van der Waals surface area contributed by atoms with Gasteiger partial charge in [-0.1, -0.05) is 43.4 Å². The van der Waals surface area contributed by atoms with Crippen molar-refractivity contribution >= 4 is 18.0 Å². The molecule has 2 aromatic carbocycles. The number of carboxylic acid groups (broad SMARTS) is 1. The van der Waals surface area contributed by atoms with E-state index in [0.29, 0.717) is 36.1 Å². The summed E-state index contributed by atoms with van der Waals surface area (Å²) in [4.78, 5) is 24.6. The number of aromatic carboxylic acids is 1. The highest BCUT2D eigenvalue weighted by Crippen LogP contribution is 2.30. The van der Waals surface area contributed by atoms with Gasteiger partial charge in [0.25, 0.3) is 0 Å². The standard InChI is InChI=1S/C29H36O8/c1-20(25(16-10-12-21(2)30)37-29(33)22-13-6-5-7-14-22)11-8-9-15-23-17-24(35-4)18-26(36-19-34-3)27(23)28(31)32/h5-7,9-10,13-18,20-21,25,30H,8,11-12,19H2,1-4H3,(H,31,32)/b15-9+,16-10-/t20-,21-,25?/m0/s1. The van der Waals surface area contributed by atoms with E-state index < -0.39 is 24.1 Å². The van der Waals surface area contributed by atoms with E-state index in [9.17, 15) is 19.8 Å². The van der Waals surface area contributed by atoms with Crippen LogP contribution in [-0.2, 0) is 9.47 Å². The summed E-state index contributed by atoms with van der Waals surface area (Å²) in [6.45, 7) is 3.58. The zero-order valence-corrected chi connectivity index (χ0v) is 21.8. The van der Waals surface area contributed by atoms with Gasteiger partial charge in [-0.25, -0.2) is 9.59 Å². The number of carbonyl (C=O) groups excluding carboxylic acids is 1. The van der Waals surface area contributed by atoms with Crippen molar-refractivity contribution in [1.82, 2.24) is 0 Å². The second-order valence-electron chi connectivity index (χ2n) is 8.65. The van der Waals surface area contributed by atoms with Crippen LogP contribution in [0.3, 0.4) is 0 Å². The van der Waals surface area contributed by atoms with Gasteiger partial charge in [0.05, 0.1) is 18.8 Å². The Hall–Kier alpha value is -3.62. The van der Waals surface area contributed by atoms with Crippen LogP contribution < -0.4 is 9.47 Å². The number of methoxy groups -OCH3 is 2. The van der Waals surface area contributed by atoms with Gasteiger partial charge in [-0.2, -0.15) is 0 Å². The molecule has 1 unspecified atom stereocenters. The van der Waals surface area contributed by atoms with E-state index in [2.05, 4.69) is 0 Å². The Morgan fingerprint density at radius 2 is 1.78 bits per heavy atom. The molecule has 0 radical (unpaired) electrons. The lowest BCUT2D eigenvalue weighted by Gasteiger charge is -2.21. The summed E-state index contributed by atoms with van der Waals surface area (Å²) in [6.07, 6.45) is 7.96. The second-order valence-corrected chi connectivity index (χ2v) is 8.65. The Labute approximate surface area is 218 Å². The smallest absolute Gasteiger partial charge is 0.340 e. The van der Waals surface area contributed by atoms with E-state index in [0.717, 1.165) is 0 Å². The lowest BCUT2D eigenvalue weighted by Crippen LogP contribution is -2.23. The molecule has 8 nitrogen and oxygen atoms in total. The maximum atomic E-state index is 12.6. The molecule has 2 rings (SSSR count). The highest BCUT2D eigenvalue weighted by Gasteiger charge is 2.20. The van der Waals surface area contributed by atoms with Gasteiger partial charge < -0.3 is 29.2 Å². The van der Waals surface area contributed by atoms with Crippen LogP contribution in [0.1, 0.15) is 59.4 Å². The molecule has 200 valence electrons. The van der Waals surface area contributed by atoms with Crippen molar-refractivity contribution in [2.24, 2.45) is 5.92 Å². The summed E-state index contributed by atoms with van der Waals surface area (Å²) in [6, 6.07) is 11.9. The number of carboxylic acids is 1. The van der Waals surface area contributed by atoms with Gasteiger partial charge in [0.15, 0.2) is 6.79 Å². The Bertz CT molecular complexity index is 1060. The first kappa shape index (κ1) is 29.6. The molecule has 0 aromatic heterocycles. The molecule has 0 fully saturated rings. The Balaban J connectivity index is 2.15. The summed E-state index contributed by atoms with van der Waals surface area (Å²) in [5, 5.41) is 19.3. The molecule has 0 heterocycles. The lowest BCUT2D eigenvalue weighted by atomic mass is 9.97. The van der Waals surface area contributed by atoms with Gasteiger partial charge in [0.2, 0.25) is 0 Å². The summed E-state index contributed by atoms with van der Waals surface area (Å²) >= 11 is 0. The normalized spacial score (nSPS) is 13.9. The Morgan fingerprint density at radius 1 is 1.05 bits per heavy atom. The SMILES string of the molecule is COCOc1cc(OC)cc(/C=C/CC[C@H](C)C(/C=C\C[C@H](C)O)OC(=O)c2ccccc2)c1C(=O)O. The molecule has 0 aliphatic carbocycles. The van der Waals surface area contributed by atoms with Crippen molar-refractivity contribution in [3.8, 4) is 11.5 Å². The zero-order chi connectivity index (χ0) is 27.2. The molecule has 0 saturated carbocycles. The number of ether oxygens (including phenoxy) is 4. The van der Waals surface area contributed by atoms with E-state index in [-0.39, 0.29) is 24.0 Å². The maximum absolute atomic E-state index is 12.6. The predicted octanol–water partition coefficient (Wildman–Crippen LogP) is 5.36. The van der Waals surface area contributed by atoms with Crippen LogP contribution in [0.15, 0.2) is 60.7 Å². The van der Waals surface area contributed by atoms with Gasteiger partial charge in [-0.3, -0.25) is 0 Å². The van der Waals surface area contributed by atoms with Gasteiger partial charge in [0, 0.05) is 13.2 Å². The van der Waals surface area contributed by atoms with Crippen LogP contribution >= 0.6 is 0 Å².